The summed E-state index contributed by atoms with van der Waals surface area (Å²) in [5, 5.41) is 12.0. The zero-order chi connectivity index (χ0) is 12.4. The van der Waals surface area contributed by atoms with E-state index in [4.69, 9.17) is 4.74 Å². The van der Waals surface area contributed by atoms with Gasteiger partial charge in [-0.25, -0.2) is 4.39 Å². The van der Waals surface area contributed by atoms with Gasteiger partial charge in [-0.2, -0.15) is 0 Å². The van der Waals surface area contributed by atoms with Crippen LogP contribution in [0.2, 0.25) is 0 Å². The lowest BCUT2D eigenvalue weighted by Crippen LogP contribution is -2.02. The molecule has 1 unspecified atom stereocenters. The molecule has 0 fully saturated rings. The highest BCUT2D eigenvalue weighted by atomic mass is 79.9. The van der Waals surface area contributed by atoms with Crippen LogP contribution >= 0.6 is 27.3 Å². The highest BCUT2D eigenvalue weighted by molar-refractivity contribution is 9.10. The number of rotatable bonds is 3. The van der Waals surface area contributed by atoms with E-state index in [2.05, 4.69) is 15.9 Å². The number of ether oxygens (including phenoxy) is 1. The fourth-order valence-electron chi connectivity index (χ4n) is 1.55. The largest absolute Gasteiger partial charge is 0.495 e. The predicted molar refractivity (Wildman–Crippen MR) is 69.0 cm³/mol. The monoisotopic (exact) mass is 316 g/mol. The number of hydrogen-bond donors (Lipinski definition) is 1. The van der Waals surface area contributed by atoms with Crippen molar-refractivity contribution in [3.8, 4) is 5.75 Å². The van der Waals surface area contributed by atoms with E-state index in [0.29, 0.717) is 15.1 Å². The average molecular weight is 317 g/mol. The standard InChI is InChI=1S/C12H10BrFO2S/c1-16-9-5-6-17-12(9)11(15)7-3-2-4-8(13)10(7)14/h2-6,11,15H,1H3. The molecule has 0 aliphatic heterocycles. The van der Waals surface area contributed by atoms with Crippen molar-refractivity contribution < 1.29 is 14.2 Å². The van der Waals surface area contributed by atoms with Crippen LogP contribution in [0.1, 0.15) is 16.5 Å². The van der Waals surface area contributed by atoms with Crippen LogP contribution in [0.15, 0.2) is 34.1 Å². The molecule has 1 heterocycles. The van der Waals surface area contributed by atoms with Gasteiger partial charge in [0.1, 0.15) is 17.7 Å². The number of thiophene rings is 1. The van der Waals surface area contributed by atoms with Crippen LogP contribution in [0.3, 0.4) is 0 Å². The molecule has 1 N–H and O–H groups in total. The molecule has 2 nitrogen and oxygen atoms in total. The van der Waals surface area contributed by atoms with E-state index in [1.54, 1.807) is 29.6 Å². The van der Waals surface area contributed by atoms with Gasteiger partial charge in [0.15, 0.2) is 0 Å². The highest BCUT2D eigenvalue weighted by Gasteiger charge is 2.21. The normalized spacial score (nSPS) is 12.5. The molecule has 0 radical (unpaired) electrons. The van der Waals surface area contributed by atoms with Gasteiger partial charge in [-0.15, -0.1) is 11.3 Å². The van der Waals surface area contributed by atoms with Gasteiger partial charge in [0.2, 0.25) is 0 Å². The minimum Gasteiger partial charge on any atom is -0.495 e. The third-order valence-electron chi connectivity index (χ3n) is 2.40. The van der Waals surface area contributed by atoms with E-state index < -0.39 is 11.9 Å². The molecule has 0 saturated heterocycles. The lowest BCUT2D eigenvalue weighted by Gasteiger charge is -2.12. The van der Waals surface area contributed by atoms with Crippen LogP contribution in [0, 0.1) is 5.82 Å². The van der Waals surface area contributed by atoms with Crippen LogP contribution < -0.4 is 4.74 Å². The lowest BCUT2D eigenvalue weighted by molar-refractivity contribution is 0.213. The van der Waals surface area contributed by atoms with Crippen molar-refractivity contribution in [1.29, 1.82) is 0 Å². The minimum absolute atomic E-state index is 0.236. The summed E-state index contributed by atoms with van der Waals surface area (Å²) < 4.78 is 19.3. The molecule has 0 aliphatic rings. The van der Waals surface area contributed by atoms with Crippen molar-refractivity contribution in [2.24, 2.45) is 0 Å². The molecule has 0 amide bonds. The second-order valence-electron chi connectivity index (χ2n) is 3.40. The van der Waals surface area contributed by atoms with Crippen molar-refractivity contribution >= 4 is 27.3 Å². The van der Waals surface area contributed by atoms with Crippen molar-refractivity contribution in [3.05, 3.63) is 50.4 Å². The summed E-state index contributed by atoms with van der Waals surface area (Å²) in [5.41, 5.74) is 0.236. The second-order valence-corrected chi connectivity index (χ2v) is 5.20. The summed E-state index contributed by atoms with van der Waals surface area (Å²) >= 11 is 4.43. The summed E-state index contributed by atoms with van der Waals surface area (Å²) in [6.07, 6.45) is -1.01. The number of halogens is 2. The van der Waals surface area contributed by atoms with Crippen molar-refractivity contribution in [1.82, 2.24) is 0 Å². The zero-order valence-electron chi connectivity index (χ0n) is 8.98. The van der Waals surface area contributed by atoms with Crippen LogP contribution in [0.25, 0.3) is 0 Å². The van der Waals surface area contributed by atoms with Crippen LogP contribution in [0.5, 0.6) is 5.75 Å². The third-order valence-corrected chi connectivity index (χ3v) is 3.96. The van der Waals surface area contributed by atoms with Gasteiger partial charge in [-0.05, 0) is 33.4 Å². The first kappa shape index (κ1) is 12.5. The molecule has 90 valence electrons. The maximum Gasteiger partial charge on any atom is 0.143 e. The SMILES string of the molecule is COc1ccsc1C(O)c1cccc(Br)c1F. The topological polar surface area (TPSA) is 29.5 Å². The van der Waals surface area contributed by atoms with Gasteiger partial charge in [0, 0.05) is 5.56 Å². The minimum atomic E-state index is -1.01. The maximum absolute atomic E-state index is 13.8. The Morgan fingerprint density at radius 2 is 2.18 bits per heavy atom. The van der Waals surface area contributed by atoms with E-state index in [1.807, 2.05) is 0 Å². The molecule has 17 heavy (non-hydrogen) atoms. The first-order valence-electron chi connectivity index (χ1n) is 4.88. The Morgan fingerprint density at radius 1 is 1.41 bits per heavy atom. The van der Waals surface area contributed by atoms with Gasteiger partial charge in [0.05, 0.1) is 16.5 Å². The van der Waals surface area contributed by atoms with Gasteiger partial charge in [0.25, 0.3) is 0 Å². The van der Waals surface area contributed by atoms with E-state index in [9.17, 15) is 9.50 Å². The molecule has 0 aliphatic carbocycles. The Hall–Kier alpha value is -0.910. The maximum atomic E-state index is 13.8. The van der Waals surface area contributed by atoms with Crippen LogP contribution in [-0.2, 0) is 0 Å². The Labute approximate surface area is 111 Å². The molecule has 0 saturated carbocycles. The summed E-state index contributed by atoms with van der Waals surface area (Å²) in [6.45, 7) is 0. The lowest BCUT2D eigenvalue weighted by atomic mass is 10.1. The molecular weight excluding hydrogens is 307 g/mol. The summed E-state index contributed by atoms with van der Waals surface area (Å²) in [4.78, 5) is 0.601. The first-order valence-corrected chi connectivity index (χ1v) is 6.55. The van der Waals surface area contributed by atoms with E-state index >= 15 is 0 Å². The van der Waals surface area contributed by atoms with Crippen LogP contribution in [0.4, 0.5) is 4.39 Å². The van der Waals surface area contributed by atoms with Crippen molar-refractivity contribution in [2.45, 2.75) is 6.10 Å². The second kappa shape index (κ2) is 5.16. The quantitative estimate of drug-likeness (QED) is 0.934. The summed E-state index contributed by atoms with van der Waals surface area (Å²) in [6, 6.07) is 6.59. The van der Waals surface area contributed by atoms with Crippen molar-refractivity contribution in [2.75, 3.05) is 7.11 Å². The molecule has 1 atom stereocenters. The molecule has 0 spiro atoms. The number of aliphatic hydroxyl groups excluding tert-OH is 1. The van der Waals surface area contributed by atoms with Gasteiger partial charge < -0.3 is 9.84 Å². The van der Waals surface area contributed by atoms with Crippen LogP contribution in [-0.4, -0.2) is 12.2 Å². The highest BCUT2D eigenvalue weighted by Crippen LogP contribution is 2.36. The molecule has 1 aromatic carbocycles. The Bertz CT molecular complexity index is 527. The van der Waals surface area contributed by atoms with Crippen molar-refractivity contribution in [3.63, 3.8) is 0 Å². The molecule has 2 aromatic rings. The molecule has 5 heteroatoms. The van der Waals surface area contributed by atoms with Gasteiger partial charge in [-0.3, -0.25) is 0 Å². The molecule has 0 bridgehead atoms. The Morgan fingerprint density at radius 3 is 2.88 bits per heavy atom. The fourth-order valence-corrected chi connectivity index (χ4v) is 2.79. The number of hydrogen-bond acceptors (Lipinski definition) is 3. The fraction of sp³-hybridized carbons (Fsp3) is 0.167. The summed E-state index contributed by atoms with van der Waals surface area (Å²) in [7, 11) is 1.52. The number of aliphatic hydroxyl groups is 1. The van der Waals surface area contributed by atoms with Gasteiger partial charge >= 0.3 is 0 Å². The summed E-state index contributed by atoms with van der Waals surface area (Å²) in [5.74, 6) is 0.123. The van der Waals surface area contributed by atoms with Gasteiger partial charge in [-0.1, -0.05) is 12.1 Å². The average Bonchev–Trinajstić information content (AvgIpc) is 2.80. The zero-order valence-corrected chi connectivity index (χ0v) is 11.4. The molecule has 2 rings (SSSR count). The third kappa shape index (κ3) is 2.36. The smallest absolute Gasteiger partial charge is 0.143 e. The Kier molecular flexibility index (Phi) is 3.81. The molecular formula is C12H10BrFO2S. The predicted octanol–water partition coefficient (Wildman–Crippen LogP) is 3.74. The molecule has 1 aromatic heterocycles. The first-order chi connectivity index (χ1) is 8.15. The van der Waals surface area contributed by atoms with E-state index in [0.717, 1.165) is 0 Å². The van der Waals surface area contributed by atoms with E-state index in [-0.39, 0.29) is 5.56 Å². The number of benzene rings is 1. The van der Waals surface area contributed by atoms with E-state index in [1.165, 1.54) is 18.4 Å². The Balaban J connectivity index is 2.44. The number of methoxy groups -OCH3 is 1.